The van der Waals surface area contributed by atoms with Gasteiger partial charge in [-0.3, -0.25) is 9.59 Å². The Morgan fingerprint density at radius 1 is 0.463 bits per heavy atom. The molecule has 0 aliphatic heterocycles. The van der Waals surface area contributed by atoms with E-state index in [1.807, 2.05) is 6.08 Å². The van der Waals surface area contributed by atoms with Crippen molar-refractivity contribution in [3.8, 4) is 0 Å². The average molecular weight is 933 g/mol. The molecule has 0 aromatic heterocycles. The van der Waals surface area contributed by atoms with Crippen LogP contribution in [0.15, 0.2) is 97.2 Å². The number of hydrogen-bond donors (Lipinski definition) is 3. The fourth-order valence-electron chi connectivity index (χ4n) is 7.98. The molecule has 0 aliphatic rings. The van der Waals surface area contributed by atoms with Crippen LogP contribution in [-0.2, 0) is 14.3 Å². The number of carbonyl (C=O) groups excluding carboxylic acids is 2. The summed E-state index contributed by atoms with van der Waals surface area (Å²) in [5.41, 5.74) is 0. The number of amides is 1. The van der Waals surface area contributed by atoms with Crippen molar-refractivity contribution in [3.05, 3.63) is 97.2 Å². The zero-order valence-electron chi connectivity index (χ0n) is 43.8. The Kier molecular flexibility index (Phi) is 51.1. The summed E-state index contributed by atoms with van der Waals surface area (Å²) in [6.07, 6.45) is 71.9. The molecule has 0 saturated carbocycles. The van der Waals surface area contributed by atoms with Crippen LogP contribution in [0.4, 0.5) is 0 Å². The van der Waals surface area contributed by atoms with E-state index in [0.29, 0.717) is 19.3 Å². The SMILES string of the molecule is CC/C=C\C/C=C\C/C=C\C/C=C\C/C=C\C/C=C\CCC(=O)OC(CCCCCC/C=C/C=C/CCCCC)CC(=O)NC(CO)C(O)CCCCCCCCCCCCCCCCCC. The van der Waals surface area contributed by atoms with Crippen molar-refractivity contribution < 1.29 is 24.5 Å². The Labute approximate surface area is 414 Å². The summed E-state index contributed by atoms with van der Waals surface area (Å²) < 4.78 is 5.90. The second kappa shape index (κ2) is 53.7. The molecule has 0 aromatic rings. The van der Waals surface area contributed by atoms with Crippen LogP contribution < -0.4 is 5.32 Å². The lowest BCUT2D eigenvalue weighted by molar-refractivity contribution is -0.150. The lowest BCUT2D eigenvalue weighted by Crippen LogP contribution is -2.46. The lowest BCUT2D eigenvalue weighted by atomic mass is 10.0. The van der Waals surface area contributed by atoms with Gasteiger partial charge in [0.15, 0.2) is 0 Å². The van der Waals surface area contributed by atoms with Crippen LogP contribution in [0.25, 0.3) is 0 Å². The minimum absolute atomic E-state index is 0.0290. The molecule has 3 unspecified atom stereocenters. The van der Waals surface area contributed by atoms with Gasteiger partial charge in [-0.05, 0) is 89.9 Å². The Morgan fingerprint density at radius 3 is 1.31 bits per heavy atom. The minimum atomic E-state index is -0.811. The van der Waals surface area contributed by atoms with E-state index in [0.717, 1.165) is 96.3 Å². The highest BCUT2D eigenvalue weighted by Gasteiger charge is 2.24. The Hall–Kier alpha value is -3.22. The van der Waals surface area contributed by atoms with E-state index in [2.05, 4.69) is 117 Å². The fraction of sp³-hybridized carbons (Fsp3) is 0.705. The van der Waals surface area contributed by atoms with Crippen LogP contribution >= 0.6 is 0 Å². The molecule has 0 heterocycles. The Morgan fingerprint density at radius 2 is 0.851 bits per heavy atom. The van der Waals surface area contributed by atoms with E-state index < -0.39 is 18.2 Å². The molecule has 0 spiro atoms. The monoisotopic (exact) mass is 932 g/mol. The zero-order chi connectivity index (χ0) is 48.8. The molecule has 6 nitrogen and oxygen atoms in total. The highest BCUT2D eigenvalue weighted by Crippen LogP contribution is 2.17. The van der Waals surface area contributed by atoms with E-state index >= 15 is 0 Å². The van der Waals surface area contributed by atoms with Gasteiger partial charge < -0.3 is 20.3 Å². The summed E-state index contributed by atoms with van der Waals surface area (Å²) >= 11 is 0. The van der Waals surface area contributed by atoms with Gasteiger partial charge >= 0.3 is 5.97 Å². The largest absolute Gasteiger partial charge is 0.462 e. The first-order chi connectivity index (χ1) is 33.0. The summed E-state index contributed by atoms with van der Waals surface area (Å²) in [5.74, 6) is -0.597. The summed E-state index contributed by atoms with van der Waals surface area (Å²) in [5, 5.41) is 23.8. The van der Waals surface area contributed by atoms with Crippen LogP contribution in [0.5, 0.6) is 0 Å². The van der Waals surface area contributed by atoms with Crippen LogP contribution in [0.2, 0.25) is 0 Å². The van der Waals surface area contributed by atoms with Gasteiger partial charge in [-0.25, -0.2) is 0 Å². The second-order valence-electron chi connectivity index (χ2n) is 18.6. The molecule has 0 fully saturated rings. The summed E-state index contributed by atoms with van der Waals surface area (Å²) in [4.78, 5) is 26.2. The topological polar surface area (TPSA) is 95.9 Å². The molecule has 3 atom stereocenters. The quantitative estimate of drug-likeness (QED) is 0.0244. The minimum Gasteiger partial charge on any atom is -0.462 e. The number of esters is 1. The van der Waals surface area contributed by atoms with Crippen LogP contribution in [0.1, 0.15) is 252 Å². The number of rotatable bonds is 49. The highest BCUT2D eigenvalue weighted by molar-refractivity contribution is 5.77. The van der Waals surface area contributed by atoms with Crippen LogP contribution in [0.3, 0.4) is 0 Å². The van der Waals surface area contributed by atoms with Crippen molar-refractivity contribution in [2.75, 3.05) is 6.61 Å². The standard InChI is InChI=1S/C61H105NO5/c1-4-7-10-13-16-19-22-25-27-29-30-31-33-36-39-42-45-48-51-54-61(66)67-57(52-49-46-43-40-37-34-24-21-18-15-12-9-6-3)55-60(65)62-58(56-63)59(64)53-50-47-44-41-38-35-32-28-26-23-20-17-14-11-8-5-2/h7,10,16,18-19,21,24-25,27,30-31,34,36,39,45,48,57-59,63-64H,4-6,8-9,11-15,17,20,22-23,26,28-29,32-33,35,37-38,40-44,46-47,49-56H2,1-3H3,(H,62,65)/b10-7-,19-16-,21-18+,27-25-,31-30-,34-24+,39-36-,48-45-. The average Bonchev–Trinajstić information content (AvgIpc) is 3.32. The van der Waals surface area contributed by atoms with Crippen molar-refractivity contribution in [2.45, 2.75) is 270 Å². The number of carbonyl (C=O) groups is 2. The van der Waals surface area contributed by atoms with E-state index in [1.165, 1.54) is 103 Å². The fourth-order valence-corrected chi connectivity index (χ4v) is 7.98. The highest BCUT2D eigenvalue weighted by atomic mass is 16.5. The molecule has 0 saturated heterocycles. The van der Waals surface area contributed by atoms with Gasteiger partial charge in [0.05, 0.1) is 25.2 Å². The number of hydrogen-bond acceptors (Lipinski definition) is 5. The van der Waals surface area contributed by atoms with Crippen molar-refractivity contribution in [1.82, 2.24) is 5.32 Å². The van der Waals surface area contributed by atoms with Gasteiger partial charge in [0.1, 0.15) is 6.10 Å². The second-order valence-corrected chi connectivity index (χ2v) is 18.6. The molecule has 384 valence electrons. The van der Waals surface area contributed by atoms with Gasteiger partial charge in [0.25, 0.3) is 0 Å². The predicted molar refractivity (Wildman–Crippen MR) is 291 cm³/mol. The maximum Gasteiger partial charge on any atom is 0.306 e. The molecular formula is C61H105NO5. The summed E-state index contributed by atoms with van der Waals surface area (Å²) in [6.45, 7) is 6.33. The van der Waals surface area contributed by atoms with Gasteiger partial charge in [0.2, 0.25) is 5.91 Å². The molecule has 0 radical (unpaired) electrons. The van der Waals surface area contributed by atoms with Gasteiger partial charge in [-0.2, -0.15) is 0 Å². The molecule has 0 rings (SSSR count). The first-order valence-electron chi connectivity index (χ1n) is 28.0. The Bertz CT molecular complexity index is 1320. The van der Waals surface area contributed by atoms with E-state index in [-0.39, 0.29) is 31.3 Å². The maximum absolute atomic E-state index is 13.2. The van der Waals surface area contributed by atoms with E-state index in [9.17, 15) is 19.8 Å². The third-order valence-electron chi connectivity index (χ3n) is 12.2. The Balaban J connectivity index is 4.68. The number of allylic oxidation sites excluding steroid dienone is 16. The predicted octanol–water partition coefficient (Wildman–Crippen LogP) is 17.3. The smallest absolute Gasteiger partial charge is 0.306 e. The van der Waals surface area contributed by atoms with Gasteiger partial charge in [-0.1, -0.05) is 246 Å². The van der Waals surface area contributed by atoms with Crippen LogP contribution in [-0.4, -0.2) is 46.9 Å². The van der Waals surface area contributed by atoms with E-state index in [4.69, 9.17) is 4.74 Å². The summed E-state index contributed by atoms with van der Waals surface area (Å²) in [6, 6.07) is -0.729. The molecular weight excluding hydrogens is 827 g/mol. The molecule has 0 aromatic carbocycles. The van der Waals surface area contributed by atoms with Crippen LogP contribution in [0, 0.1) is 0 Å². The van der Waals surface area contributed by atoms with Crippen molar-refractivity contribution in [2.24, 2.45) is 0 Å². The molecule has 6 heteroatoms. The van der Waals surface area contributed by atoms with Crippen molar-refractivity contribution in [1.29, 1.82) is 0 Å². The molecule has 0 aliphatic carbocycles. The normalized spacial score (nSPS) is 13.9. The first-order valence-corrected chi connectivity index (χ1v) is 28.0. The lowest BCUT2D eigenvalue weighted by Gasteiger charge is -2.24. The number of unbranched alkanes of at least 4 members (excludes halogenated alkanes) is 22. The molecule has 3 N–H and O–H groups in total. The number of ether oxygens (including phenoxy) is 1. The van der Waals surface area contributed by atoms with Gasteiger partial charge in [-0.15, -0.1) is 0 Å². The maximum atomic E-state index is 13.2. The van der Waals surface area contributed by atoms with E-state index in [1.54, 1.807) is 0 Å². The van der Waals surface area contributed by atoms with Crippen molar-refractivity contribution >= 4 is 11.9 Å². The summed E-state index contributed by atoms with van der Waals surface area (Å²) in [7, 11) is 0. The number of aliphatic hydroxyl groups excluding tert-OH is 2. The molecule has 0 bridgehead atoms. The molecule has 1 amide bonds. The van der Waals surface area contributed by atoms with Gasteiger partial charge in [0, 0.05) is 6.42 Å². The molecule has 67 heavy (non-hydrogen) atoms. The zero-order valence-corrected chi connectivity index (χ0v) is 43.8. The third kappa shape index (κ3) is 49.0. The third-order valence-corrected chi connectivity index (χ3v) is 12.2. The number of aliphatic hydroxyl groups is 2. The number of nitrogens with one attached hydrogen (secondary N) is 1. The van der Waals surface area contributed by atoms with Crippen molar-refractivity contribution in [3.63, 3.8) is 0 Å². The first kappa shape index (κ1) is 63.8.